The van der Waals surface area contributed by atoms with Gasteiger partial charge in [-0.05, 0) is 55.3 Å². The Bertz CT molecular complexity index is 377. The Hall–Kier alpha value is -0.530. The lowest BCUT2D eigenvalue weighted by Crippen LogP contribution is -2.29. The molecule has 1 nitrogen and oxygen atoms in total. The zero-order valence-corrected chi connectivity index (χ0v) is 11.4. The smallest absolute Gasteiger partial charge is 0.00129 e. The van der Waals surface area contributed by atoms with Gasteiger partial charge in [0.15, 0.2) is 0 Å². The van der Waals surface area contributed by atoms with Crippen LogP contribution < -0.4 is 0 Å². The first kappa shape index (κ1) is 12.9. The van der Waals surface area contributed by atoms with E-state index in [0.717, 1.165) is 11.8 Å². The normalized spacial score (nSPS) is 27.8. The van der Waals surface area contributed by atoms with Crippen LogP contribution in [0.4, 0.5) is 0 Å². The molecule has 2 atom stereocenters. The lowest BCUT2D eigenvalue weighted by Gasteiger charge is -2.29. The molecule has 2 bridgehead atoms. The molecule has 1 aliphatic carbocycles. The van der Waals surface area contributed by atoms with Gasteiger partial charge in [-0.15, -0.1) is 12.4 Å². The largest absolute Gasteiger partial charge is 0.303 e. The van der Waals surface area contributed by atoms with Gasteiger partial charge in [-0.1, -0.05) is 31.2 Å². The molecule has 0 amide bonds. The van der Waals surface area contributed by atoms with Crippen LogP contribution in [0.3, 0.4) is 0 Å². The molecule has 1 fully saturated rings. The molecule has 0 spiro atoms. The third kappa shape index (κ3) is 2.51. The number of hydrogen-bond donors (Lipinski definition) is 0. The first-order valence-corrected chi connectivity index (χ1v) is 6.67. The molecule has 3 rings (SSSR count). The van der Waals surface area contributed by atoms with Gasteiger partial charge in [-0.25, -0.2) is 0 Å². The molecule has 2 heteroatoms. The van der Waals surface area contributed by atoms with E-state index < -0.39 is 0 Å². The molecular weight excluding hydrogens is 230 g/mol. The number of likely N-dealkylation sites (tertiary alicyclic amines) is 1. The summed E-state index contributed by atoms with van der Waals surface area (Å²) in [6.07, 6.45) is 4.10. The van der Waals surface area contributed by atoms with Crippen LogP contribution in [0.5, 0.6) is 0 Å². The highest BCUT2D eigenvalue weighted by Gasteiger charge is 2.30. The lowest BCUT2D eigenvalue weighted by molar-refractivity contribution is 0.259. The van der Waals surface area contributed by atoms with E-state index in [0.29, 0.717) is 0 Å². The molecule has 1 aromatic carbocycles. The van der Waals surface area contributed by atoms with Crippen LogP contribution >= 0.6 is 12.4 Å². The standard InChI is InChI=1S/C15H21N.ClH/c1-2-16-8-7-14-10-12(11-16)9-13-5-3-4-6-15(13)14;/h3-6,12,14H,2,7-11H2,1H3;1H. The molecule has 17 heavy (non-hydrogen) atoms. The van der Waals surface area contributed by atoms with Crippen LogP contribution in [-0.4, -0.2) is 24.5 Å². The number of benzene rings is 1. The first-order chi connectivity index (χ1) is 7.86. The molecule has 1 saturated heterocycles. The summed E-state index contributed by atoms with van der Waals surface area (Å²) in [6.45, 7) is 6.13. The molecule has 0 aromatic heterocycles. The van der Waals surface area contributed by atoms with E-state index in [1.807, 2.05) is 0 Å². The van der Waals surface area contributed by atoms with Gasteiger partial charge in [0, 0.05) is 6.54 Å². The van der Waals surface area contributed by atoms with Crippen LogP contribution in [0.25, 0.3) is 0 Å². The highest BCUT2D eigenvalue weighted by atomic mass is 35.5. The summed E-state index contributed by atoms with van der Waals surface area (Å²) in [5, 5.41) is 0. The molecule has 1 aromatic rings. The number of nitrogens with zero attached hydrogens (tertiary/aromatic N) is 1. The molecule has 0 N–H and O–H groups in total. The van der Waals surface area contributed by atoms with Crippen molar-refractivity contribution in [3.05, 3.63) is 35.4 Å². The van der Waals surface area contributed by atoms with Crippen LogP contribution in [0.2, 0.25) is 0 Å². The van der Waals surface area contributed by atoms with Crippen molar-refractivity contribution in [2.24, 2.45) is 5.92 Å². The molecule has 94 valence electrons. The average Bonchev–Trinajstić information content (AvgIpc) is 2.49. The van der Waals surface area contributed by atoms with E-state index in [4.69, 9.17) is 0 Å². The Morgan fingerprint density at radius 3 is 2.94 bits per heavy atom. The van der Waals surface area contributed by atoms with Crippen LogP contribution in [0.1, 0.15) is 36.8 Å². The second-order valence-corrected chi connectivity index (χ2v) is 5.38. The number of hydrogen-bond acceptors (Lipinski definition) is 1. The summed E-state index contributed by atoms with van der Waals surface area (Å²) in [5.41, 5.74) is 3.28. The Morgan fingerprint density at radius 1 is 1.29 bits per heavy atom. The zero-order valence-electron chi connectivity index (χ0n) is 10.6. The fourth-order valence-electron chi connectivity index (χ4n) is 3.54. The van der Waals surface area contributed by atoms with E-state index >= 15 is 0 Å². The molecular formula is C15H22ClN. The van der Waals surface area contributed by atoms with E-state index in [1.54, 1.807) is 11.1 Å². The fourth-order valence-corrected chi connectivity index (χ4v) is 3.54. The van der Waals surface area contributed by atoms with Gasteiger partial charge in [0.05, 0.1) is 0 Å². The Morgan fingerprint density at radius 2 is 2.12 bits per heavy atom. The molecule has 1 aliphatic heterocycles. The fraction of sp³-hybridized carbons (Fsp3) is 0.600. The average molecular weight is 252 g/mol. The van der Waals surface area contributed by atoms with Crippen LogP contribution in [-0.2, 0) is 6.42 Å². The predicted octanol–water partition coefficient (Wildman–Crippen LogP) is 3.48. The predicted molar refractivity (Wildman–Crippen MR) is 75.0 cm³/mol. The van der Waals surface area contributed by atoms with Crippen molar-refractivity contribution in [1.29, 1.82) is 0 Å². The number of rotatable bonds is 1. The maximum absolute atomic E-state index is 2.64. The minimum atomic E-state index is 0. The van der Waals surface area contributed by atoms with Crippen molar-refractivity contribution in [2.45, 2.75) is 32.1 Å². The van der Waals surface area contributed by atoms with E-state index in [-0.39, 0.29) is 12.4 Å². The van der Waals surface area contributed by atoms with Gasteiger partial charge in [0.1, 0.15) is 0 Å². The van der Waals surface area contributed by atoms with Gasteiger partial charge in [0.2, 0.25) is 0 Å². The molecule has 1 heterocycles. The van der Waals surface area contributed by atoms with Crippen molar-refractivity contribution >= 4 is 12.4 Å². The van der Waals surface area contributed by atoms with Gasteiger partial charge in [0.25, 0.3) is 0 Å². The van der Waals surface area contributed by atoms with Gasteiger partial charge < -0.3 is 4.90 Å². The van der Waals surface area contributed by atoms with Gasteiger partial charge in [-0.3, -0.25) is 0 Å². The Labute approximate surface area is 111 Å². The Balaban J connectivity index is 0.00000108. The van der Waals surface area contributed by atoms with Crippen molar-refractivity contribution < 1.29 is 0 Å². The Kier molecular flexibility index (Phi) is 4.11. The second-order valence-electron chi connectivity index (χ2n) is 5.38. The van der Waals surface area contributed by atoms with Crippen LogP contribution in [0, 0.1) is 5.92 Å². The van der Waals surface area contributed by atoms with Crippen LogP contribution in [0.15, 0.2) is 24.3 Å². The van der Waals surface area contributed by atoms with E-state index in [1.165, 1.54) is 38.9 Å². The minimum Gasteiger partial charge on any atom is -0.303 e. The third-order valence-electron chi connectivity index (χ3n) is 4.38. The highest BCUT2D eigenvalue weighted by Crippen LogP contribution is 2.39. The topological polar surface area (TPSA) is 3.24 Å². The van der Waals surface area contributed by atoms with Gasteiger partial charge >= 0.3 is 0 Å². The summed E-state index contributed by atoms with van der Waals surface area (Å²) in [4.78, 5) is 2.64. The second kappa shape index (κ2) is 5.41. The van der Waals surface area contributed by atoms with Crippen molar-refractivity contribution in [1.82, 2.24) is 4.90 Å². The zero-order chi connectivity index (χ0) is 11.0. The van der Waals surface area contributed by atoms with Crippen molar-refractivity contribution in [3.63, 3.8) is 0 Å². The maximum Gasteiger partial charge on any atom is 0.00129 e. The minimum absolute atomic E-state index is 0. The third-order valence-corrected chi connectivity index (χ3v) is 4.38. The number of halogens is 1. The quantitative estimate of drug-likeness (QED) is 0.739. The molecule has 0 saturated carbocycles. The summed E-state index contributed by atoms with van der Waals surface area (Å²) in [7, 11) is 0. The maximum atomic E-state index is 2.64. The molecule has 0 radical (unpaired) electrons. The van der Waals surface area contributed by atoms with Crippen molar-refractivity contribution in [2.75, 3.05) is 19.6 Å². The summed E-state index contributed by atoms with van der Waals surface area (Å²) >= 11 is 0. The monoisotopic (exact) mass is 251 g/mol. The number of fused-ring (bicyclic) bond motifs is 4. The van der Waals surface area contributed by atoms with E-state index in [2.05, 4.69) is 36.1 Å². The summed E-state index contributed by atoms with van der Waals surface area (Å²) in [5.74, 6) is 1.74. The van der Waals surface area contributed by atoms with Crippen molar-refractivity contribution in [3.8, 4) is 0 Å². The first-order valence-electron chi connectivity index (χ1n) is 6.67. The van der Waals surface area contributed by atoms with Gasteiger partial charge in [-0.2, -0.15) is 0 Å². The lowest BCUT2D eigenvalue weighted by atomic mass is 9.76. The summed E-state index contributed by atoms with van der Waals surface area (Å²) < 4.78 is 0. The SMILES string of the molecule is CCN1CCC2CC(Cc3ccccc32)C1.Cl. The molecule has 2 aliphatic rings. The molecule has 2 unspecified atom stereocenters. The van der Waals surface area contributed by atoms with E-state index in [9.17, 15) is 0 Å². The highest BCUT2D eigenvalue weighted by molar-refractivity contribution is 5.85. The summed E-state index contributed by atoms with van der Waals surface area (Å²) in [6, 6.07) is 9.11.